The quantitative estimate of drug-likeness (QED) is 0.862. The maximum atomic E-state index is 11.8. The molecule has 3 heteroatoms. The van der Waals surface area contributed by atoms with Gasteiger partial charge in [-0.05, 0) is 30.2 Å². The van der Waals surface area contributed by atoms with Crippen molar-refractivity contribution < 1.29 is 4.79 Å². The number of rotatable bonds is 6. The molecule has 0 aliphatic rings. The van der Waals surface area contributed by atoms with Gasteiger partial charge in [-0.3, -0.25) is 9.78 Å². The van der Waals surface area contributed by atoms with Crippen LogP contribution in [0.5, 0.6) is 0 Å². The lowest BCUT2D eigenvalue weighted by molar-refractivity contribution is -0.116. The van der Waals surface area contributed by atoms with Crippen molar-refractivity contribution in [3.05, 3.63) is 59.9 Å². The van der Waals surface area contributed by atoms with Gasteiger partial charge in [0.05, 0.1) is 13.0 Å². The maximum absolute atomic E-state index is 11.8. The Labute approximate surface area is 113 Å². The fraction of sp³-hybridized carbons (Fsp3) is 0.250. The predicted octanol–water partition coefficient (Wildman–Crippen LogP) is 2.87. The van der Waals surface area contributed by atoms with Crippen LogP contribution in [0, 0.1) is 0 Å². The Hall–Kier alpha value is -2.16. The number of nitrogens with one attached hydrogen (secondary N) is 1. The van der Waals surface area contributed by atoms with Gasteiger partial charge in [-0.15, -0.1) is 0 Å². The fourth-order valence-electron chi connectivity index (χ4n) is 1.79. The molecule has 1 aromatic heterocycles. The number of carbonyl (C=O) groups excluding carboxylic acids is 1. The molecule has 0 fully saturated rings. The molecule has 0 radical (unpaired) electrons. The average molecular weight is 254 g/mol. The first-order valence-electron chi connectivity index (χ1n) is 6.52. The van der Waals surface area contributed by atoms with Gasteiger partial charge >= 0.3 is 0 Å². The Morgan fingerprint density at radius 3 is 2.58 bits per heavy atom. The largest absolute Gasteiger partial charge is 0.378 e. The van der Waals surface area contributed by atoms with Crippen LogP contribution in [-0.2, 0) is 17.6 Å². The van der Waals surface area contributed by atoms with Crippen LogP contribution in [0.2, 0.25) is 0 Å². The second kappa shape index (κ2) is 6.69. The van der Waals surface area contributed by atoms with Gasteiger partial charge in [0, 0.05) is 17.6 Å². The Kier molecular flexibility index (Phi) is 4.67. The summed E-state index contributed by atoms with van der Waals surface area (Å²) < 4.78 is 0. The van der Waals surface area contributed by atoms with E-state index in [2.05, 4.69) is 17.2 Å². The lowest BCUT2D eigenvalue weighted by Crippen LogP contribution is -2.16. The van der Waals surface area contributed by atoms with Crippen LogP contribution in [0.25, 0.3) is 0 Å². The van der Waals surface area contributed by atoms with Crippen molar-refractivity contribution in [1.82, 2.24) is 4.98 Å². The van der Waals surface area contributed by atoms with Gasteiger partial charge in [0.15, 0.2) is 5.78 Å². The number of nitrogens with zero attached hydrogens (tertiary/aromatic N) is 1. The van der Waals surface area contributed by atoms with Crippen LogP contribution < -0.4 is 5.32 Å². The van der Waals surface area contributed by atoms with E-state index in [0.29, 0.717) is 13.0 Å². The molecule has 0 aliphatic carbocycles. The molecule has 0 aliphatic heterocycles. The van der Waals surface area contributed by atoms with Crippen molar-refractivity contribution in [3.8, 4) is 0 Å². The lowest BCUT2D eigenvalue weighted by Gasteiger charge is -2.05. The Bertz CT molecular complexity index is 520. The van der Waals surface area contributed by atoms with E-state index in [4.69, 9.17) is 0 Å². The van der Waals surface area contributed by atoms with E-state index in [0.717, 1.165) is 17.8 Å². The first-order valence-corrected chi connectivity index (χ1v) is 6.52. The average Bonchev–Trinajstić information content (AvgIpc) is 2.47. The molecule has 0 bridgehead atoms. The van der Waals surface area contributed by atoms with Crippen molar-refractivity contribution in [2.24, 2.45) is 0 Å². The molecule has 0 atom stereocenters. The second-order valence-corrected chi connectivity index (χ2v) is 4.45. The van der Waals surface area contributed by atoms with E-state index in [1.807, 2.05) is 48.7 Å². The molecule has 3 nitrogen and oxygen atoms in total. The van der Waals surface area contributed by atoms with Crippen LogP contribution in [0.3, 0.4) is 0 Å². The molecule has 2 aromatic rings. The lowest BCUT2D eigenvalue weighted by atomic mass is 10.1. The normalized spacial score (nSPS) is 10.2. The monoisotopic (exact) mass is 254 g/mol. The summed E-state index contributed by atoms with van der Waals surface area (Å²) >= 11 is 0. The molecule has 1 heterocycles. The summed E-state index contributed by atoms with van der Waals surface area (Å²) in [4.78, 5) is 16.1. The summed E-state index contributed by atoms with van der Waals surface area (Å²) in [5, 5.41) is 3.11. The minimum absolute atomic E-state index is 0.139. The predicted molar refractivity (Wildman–Crippen MR) is 77.3 cm³/mol. The third kappa shape index (κ3) is 4.21. The Morgan fingerprint density at radius 1 is 1.16 bits per heavy atom. The number of hydrogen-bond acceptors (Lipinski definition) is 3. The highest BCUT2D eigenvalue weighted by atomic mass is 16.1. The molecular formula is C16H18N2O. The standard InChI is InChI=1S/C16H18N2O/c1-2-13-8-9-15(17-11-13)10-16(19)12-18-14-6-4-3-5-7-14/h3-9,11,18H,2,10,12H2,1H3. The summed E-state index contributed by atoms with van der Waals surface area (Å²) in [5.41, 5.74) is 2.99. The van der Waals surface area contributed by atoms with Gasteiger partial charge in [-0.25, -0.2) is 0 Å². The van der Waals surface area contributed by atoms with Crippen LogP contribution in [0.4, 0.5) is 5.69 Å². The van der Waals surface area contributed by atoms with Crippen molar-refractivity contribution in [2.75, 3.05) is 11.9 Å². The van der Waals surface area contributed by atoms with Gasteiger partial charge in [0.25, 0.3) is 0 Å². The van der Waals surface area contributed by atoms with Crippen molar-refractivity contribution in [2.45, 2.75) is 19.8 Å². The minimum atomic E-state index is 0.139. The summed E-state index contributed by atoms with van der Waals surface area (Å²) in [6, 6.07) is 13.7. The van der Waals surface area contributed by atoms with Gasteiger partial charge in [0.2, 0.25) is 0 Å². The number of hydrogen-bond donors (Lipinski definition) is 1. The molecule has 1 aromatic carbocycles. The molecule has 0 saturated heterocycles. The van der Waals surface area contributed by atoms with Gasteiger partial charge in [-0.2, -0.15) is 0 Å². The number of para-hydroxylation sites is 1. The number of benzene rings is 1. The number of ketones is 1. The Morgan fingerprint density at radius 2 is 1.95 bits per heavy atom. The number of anilines is 1. The van der Waals surface area contributed by atoms with E-state index in [-0.39, 0.29) is 5.78 Å². The fourth-order valence-corrected chi connectivity index (χ4v) is 1.79. The van der Waals surface area contributed by atoms with Crippen LogP contribution in [0.1, 0.15) is 18.2 Å². The molecule has 2 rings (SSSR count). The van der Waals surface area contributed by atoms with Crippen molar-refractivity contribution >= 4 is 11.5 Å². The van der Waals surface area contributed by atoms with Crippen molar-refractivity contribution in [1.29, 1.82) is 0 Å². The van der Waals surface area contributed by atoms with E-state index < -0.39 is 0 Å². The molecular weight excluding hydrogens is 236 g/mol. The highest BCUT2D eigenvalue weighted by Gasteiger charge is 2.04. The Balaban J connectivity index is 1.83. The van der Waals surface area contributed by atoms with E-state index in [1.165, 1.54) is 5.56 Å². The highest BCUT2D eigenvalue weighted by Crippen LogP contribution is 2.05. The molecule has 0 amide bonds. The van der Waals surface area contributed by atoms with Crippen molar-refractivity contribution in [3.63, 3.8) is 0 Å². The number of aromatic nitrogens is 1. The van der Waals surface area contributed by atoms with Gasteiger partial charge in [-0.1, -0.05) is 31.2 Å². The summed E-state index contributed by atoms with van der Waals surface area (Å²) in [6.07, 6.45) is 3.19. The molecule has 0 unspecified atom stereocenters. The van der Waals surface area contributed by atoms with Gasteiger partial charge in [0.1, 0.15) is 0 Å². The zero-order valence-electron chi connectivity index (χ0n) is 11.1. The number of aryl methyl sites for hydroxylation is 1. The van der Waals surface area contributed by atoms with E-state index >= 15 is 0 Å². The third-order valence-corrected chi connectivity index (χ3v) is 2.94. The topological polar surface area (TPSA) is 42.0 Å². The first-order chi connectivity index (χ1) is 9.28. The summed E-state index contributed by atoms with van der Waals surface area (Å²) in [5.74, 6) is 0.139. The van der Waals surface area contributed by atoms with Crippen LogP contribution >= 0.6 is 0 Å². The molecule has 0 spiro atoms. The third-order valence-electron chi connectivity index (χ3n) is 2.94. The smallest absolute Gasteiger partial charge is 0.157 e. The molecule has 98 valence electrons. The maximum Gasteiger partial charge on any atom is 0.157 e. The van der Waals surface area contributed by atoms with Gasteiger partial charge < -0.3 is 5.32 Å². The second-order valence-electron chi connectivity index (χ2n) is 4.45. The summed E-state index contributed by atoms with van der Waals surface area (Å²) in [7, 11) is 0. The zero-order valence-corrected chi connectivity index (χ0v) is 11.1. The van der Waals surface area contributed by atoms with Crippen LogP contribution in [-0.4, -0.2) is 17.3 Å². The summed E-state index contributed by atoms with van der Waals surface area (Å²) in [6.45, 7) is 2.42. The van der Waals surface area contributed by atoms with E-state index in [1.54, 1.807) is 0 Å². The van der Waals surface area contributed by atoms with Crippen LogP contribution in [0.15, 0.2) is 48.7 Å². The number of Topliss-reactive ketones (excluding diaryl/α,β-unsaturated/α-hetero) is 1. The number of carbonyl (C=O) groups is 1. The zero-order chi connectivity index (χ0) is 13.5. The molecule has 1 N–H and O–H groups in total. The molecule has 19 heavy (non-hydrogen) atoms. The highest BCUT2D eigenvalue weighted by molar-refractivity contribution is 5.84. The molecule has 0 saturated carbocycles. The minimum Gasteiger partial charge on any atom is -0.378 e. The van der Waals surface area contributed by atoms with E-state index in [9.17, 15) is 4.79 Å². The number of pyridine rings is 1. The SMILES string of the molecule is CCc1ccc(CC(=O)CNc2ccccc2)nc1. The first kappa shape index (κ1) is 13.3.